The summed E-state index contributed by atoms with van der Waals surface area (Å²) in [7, 11) is -3.28. The van der Waals surface area contributed by atoms with Gasteiger partial charge in [0.1, 0.15) is 0 Å². The summed E-state index contributed by atoms with van der Waals surface area (Å²) >= 11 is 0. The Balaban J connectivity index is 1.52. The van der Waals surface area contributed by atoms with Crippen LogP contribution in [0.2, 0.25) is 0 Å². The summed E-state index contributed by atoms with van der Waals surface area (Å²) in [5.41, 5.74) is 0.819. The number of rotatable bonds is 7. The zero-order valence-corrected chi connectivity index (χ0v) is 15.3. The third-order valence-corrected chi connectivity index (χ3v) is 6.11. The maximum Gasteiger partial charge on any atom is 0.240 e. The van der Waals surface area contributed by atoms with Gasteiger partial charge in [0.25, 0.3) is 0 Å². The molecule has 0 spiro atoms. The summed E-state index contributed by atoms with van der Waals surface area (Å²) in [6, 6.07) is 9.30. The predicted octanol–water partition coefficient (Wildman–Crippen LogP) is 1.67. The summed E-state index contributed by atoms with van der Waals surface area (Å²) in [5, 5.41) is 3.95. The molecule has 1 aromatic heterocycles. The van der Waals surface area contributed by atoms with Crippen molar-refractivity contribution >= 4 is 10.0 Å². The topological polar surface area (TPSA) is 79.5 Å². The molecule has 0 atom stereocenters. The Morgan fingerprint density at radius 3 is 2.52 bits per heavy atom. The van der Waals surface area contributed by atoms with E-state index in [2.05, 4.69) is 22.0 Å². The Bertz CT molecular complexity index is 768. The van der Waals surface area contributed by atoms with Crippen LogP contribution in [0.25, 0.3) is 0 Å². The minimum atomic E-state index is -3.28. The molecule has 7 nitrogen and oxygen atoms in total. The Morgan fingerprint density at radius 1 is 1.12 bits per heavy atom. The first-order chi connectivity index (χ1) is 12.1. The lowest BCUT2D eigenvalue weighted by Crippen LogP contribution is -2.48. The van der Waals surface area contributed by atoms with E-state index in [4.69, 9.17) is 4.52 Å². The molecule has 0 saturated carbocycles. The van der Waals surface area contributed by atoms with E-state index in [0.29, 0.717) is 38.6 Å². The van der Waals surface area contributed by atoms with Crippen LogP contribution in [0, 0.1) is 0 Å². The SMILES string of the molecule is CCCc1noc(CN2CCN(S(=O)(=O)Cc3ccccc3)CC2)n1. The smallest absolute Gasteiger partial charge is 0.240 e. The van der Waals surface area contributed by atoms with Crippen LogP contribution in [0.3, 0.4) is 0 Å². The van der Waals surface area contributed by atoms with Crippen molar-refractivity contribution in [1.82, 2.24) is 19.3 Å². The molecule has 2 aromatic rings. The van der Waals surface area contributed by atoms with Crippen molar-refractivity contribution in [3.05, 3.63) is 47.6 Å². The molecule has 1 aromatic carbocycles. The lowest BCUT2D eigenvalue weighted by molar-refractivity contribution is 0.163. The Morgan fingerprint density at radius 2 is 1.84 bits per heavy atom. The van der Waals surface area contributed by atoms with Crippen molar-refractivity contribution in [3.63, 3.8) is 0 Å². The first-order valence-corrected chi connectivity index (χ1v) is 10.2. The van der Waals surface area contributed by atoms with E-state index in [1.54, 1.807) is 4.31 Å². The second kappa shape index (κ2) is 8.07. The van der Waals surface area contributed by atoms with Crippen LogP contribution in [0.4, 0.5) is 0 Å². The van der Waals surface area contributed by atoms with E-state index in [9.17, 15) is 8.42 Å². The van der Waals surface area contributed by atoms with Gasteiger partial charge in [0, 0.05) is 32.6 Å². The number of sulfonamides is 1. The van der Waals surface area contributed by atoms with Gasteiger partial charge in [-0.15, -0.1) is 0 Å². The van der Waals surface area contributed by atoms with E-state index in [1.165, 1.54) is 0 Å². The number of hydrogen-bond donors (Lipinski definition) is 0. The number of nitrogens with zero attached hydrogens (tertiary/aromatic N) is 4. The largest absolute Gasteiger partial charge is 0.338 e. The van der Waals surface area contributed by atoms with Gasteiger partial charge in [0.05, 0.1) is 12.3 Å². The standard InChI is InChI=1S/C17H24N4O3S/c1-2-6-16-18-17(24-19-16)13-20-9-11-21(12-10-20)25(22,23)14-15-7-4-3-5-8-15/h3-5,7-8H,2,6,9-14H2,1H3. The molecule has 3 rings (SSSR count). The molecule has 1 aliphatic heterocycles. The van der Waals surface area contributed by atoms with Gasteiger partial charge in [-0.1, -0.05) is 42.4 Å². The van der Waals surface area contributed by atoms with Gasteiger partial charge in [0.2, 0.25) is 15.9 Å². The average Bonchev–Trinajstić information content (AvgIpc) is 3.03. The van der Waals surface area contributed by atoms with Crippen molar-refractivity contribution in [3.8, 4) is 0 Å². The van der Waals surface area contributed by atoms with E-state index in [0.717, 1.165) is 24.2 Å². The van der Waals surface area contributed by atoms with Crippen LogP contribution in [0.1, 0.15) is 30.6 Å². The molecule has 25 heavy (non-hydrogen) atoms. The van der Waals surface area contributed by atoms with Gasteiger partial charge in [-0.3, -0.25) is 4.90 Å². The molecule has 0 bridgehead atoms. The highest BCUT2D eigenvalue weighted by atomic mass is 32.2. The van der Waals surface area contributed by atoms with Crippen molar-refractivity contribution in [2.75, 3.05) is 26.2 Å². The molecule has 0 aliphatic carbocycles. The number of benzene rings is 1. The van der Waals surface area contributed by atoms with E-state index >= 15 is 0 Å². The van der Waals surface area contributed by atoms with Gasteiger partial charge >= 0.3 is 0 Å². The van der Waals surface area contributed by atoms with Crippen LogP contribution < -0.4 is 0 Å². The fraction of sp³-hybridized carbons (Fsp3) is 0.529. The number of aromatic nitrogens is 2. The Hall–Kier alpha value is -1.77. The summed E-state index contributed by atoms with van der Waals surface area (Å²) in [6.45, 7) is 4.96. The van der Waals surface area contributed by atoms with Gasteiger partial charge in [-0.2, -0.15) is 9.29 Å². The number of hydrogen-bond acceptors (Lipinski definition) is 6. The summed E-state index contributed by atoms with van der Waals surface area (Å²) in [5.74, 6) is 1.39. The quantitative estimate of drug-likeness (QED) is 0.743. The maximum absolute atomic E-state index is 12.6. The van der Waals surface area contributed by atoms with E-state index in [-0.39, 0.29) is 5.75 Å². The highest BCUT2D eigenvalue weighted by Gasteiger charge is 2.27. The van der Waals surface area contributed by atoms with Crippen molar-refractivity contribution in [2.24, 2.45) is 0 Å². The first-order valence-electron chi connectivity index (χ1n) is 8.62. The third-order valence-electron chi connectivity index (χ3n) is 4.26. The Kier molecular flexibility index (Phi) is 5.82. The zero-order valence-electron chi connectivity index (χ0n) is 14.5. The van der Waals surface area contributed by atoms with E-state index in [1.807, 2.05) is 30.3 Å². The zero-order chi connectivity index (χ0) is 17.7. The third kappa shape index (κ3) is 4.87. The highest BCUT2D eigenvalue weighted by Crippen LogP contribution is 2.15. The van der Waals surface area contributed by atoms with Gasteiger partial charge in [0.15, 0.2) is 5.82 Å². The molecular weight excluding hydrogens is 340 g/mol. The maximum atomic E-state index is 12.6. The Labute approximate surface area is 148 Å². The minimum absolute atomic E-state index is 0.0534. The van der Waals surface area contributed by atoms with E-state index < -0.39 is 10.0 Å². The summed E-state index contributed by atoms with van der Waals surface area (Å²) in [6.07, 6.45) is 1.80. The van der Waals surface area contributed by atoms with Crippen molar-refractivity contribution < 1.29 is 12.9 Å². The van der Waals surface area contributed by atoms with Crippen LogP contribution >= 0.6 is 0 Å². The molecule has 136 valence electrons. The van der Waals surface area contributed by atoms with Gasteiger partial charge in [-0.25, -0.2) is 8.42 Å². The fourth-order valence-electron chi connectivity index (χ4n) is 2.91. The monoisotopic (exact) mass is 364 g/mol. The van der Waals surface area contributed by atoms with Crippen molar-refractivity contribution in [2.45, 2.75) is 32.1 Å². The van der Waals surface area contributed by atoms with Crippen LogP contribution in [0.15, 0.2) is 34.9 Å². The highest BCUT2D eigenvalue weighted by molar-refractivity contribution is 7.88. The summed E-state index contributed by atoms with van der Waals surface area (Å²) in [4.78, 5) is 6.52. The number of piperazine rings is 1. The molecule has 8 heteroatoms. The van der Waals surface area contributed by atoms with Crippen LogP contribution in [-0.4, -0.2) is 53.9 Å². The molecule has 0 unspecified atom stereocenters. The number of aryl methyl sites for hydroxylation is 1. The predicted molar refractivity (Wildman–Crippen MR) is 94.2 cm³/mol. The second-order valence-electron chi connectivity index (χ2n) is 6.27. The average molecular weight is 364 g/mol. The van der Waals surface area contributed by atoms with Crippen LogP contribution in [0.5, 0.6) is 0 Å². The molecule has 1 saturated heterocycles. The first kappa shape index (κ1) is 18.0. The molecule has 0 radical (unpaired) electrons. The normalized spacial score (nSPS) is 17.0. The molecule has 2 heterocycles. The minimum Gasteiger partial charge on any atom is -0.338 e. The molecular formula is C17H24N4O3S. The summed E-state index contributed by atoms with van der Waals surface area (Å²) < 4.78 is 32.0. The lowest BCUT2D eigenvalue weighted by atomic mass is 10.2. The molecule has 1 fully saturated rings. The molecule has 0 N–H and O–H groups in total. The van der Waals surface area contributed by atoms with Crippen LogP contribution in [-0.2, 0) is 28.7 Å². The molecule has 1 aliphatic rings. The fourth-order valence-corrected chi connectivity index (χ4v) is 4.43. The molecule has 0 amide bonds. The van der Waals surface area contributed by atoms with Gasteiger partial charge < -0.3 is 4.52 Å². The second-order valence-corrected chi connectivity index (χ2v) is 8.24. The van der Waals surface area contributed by atoms with Crippen molar-refractivity contribution in [1.29, 1.82) is 0 Å². The van der Waals surface area contributed by atoms with Gasteiger partial charge in [-0.05, 0) is 12.0 Å². The lowest BCUT2D eigenvalue weighted by Gasteiger charge is -2.33.